The van der Waals surface area contributed by atoms with Crippen LogP contribution >= 0.6 is 0 Å². The van der Waals surface area contributed by atoms with E-state index in [4.69, 9.17) is 4.65 Å². The highest BCUT2D eigenvalue weighted by atomic mass is 19.1. The van der Waals surface area contributed by atoms with Crippen LogP contribution in [0.2, 0.25) is 0 Å². The molecule has 0 radical (unpaired) electrons. The van der Waals surface area contributed by atoms with Crippen molar-refractivity contribution >= 4 is 24.5 Å². The first-order valence-electron chi connectivity index (χ1n) is 6.77. The van der Waals surface area contributed by atoms with Gasteiger partial charge in [-0.15, -0.1) is 0 Å². The van der Waals surface area contributed by atoms with Gasteiger partial charge < -0.3 is 13.5 Å². The minimum atomic E-state index is -3.02. The summed E-state index contributed by atoms with van der Waals surface area (Å²) < 4.78 is 22.0. The smallest absolute Gasteiger partial charge is 0.567 e. The van der Waals surface area contributed by atoms with Crippen LogP contribution in [0.1, 0.15) is 13.8 Å². The maximum Gasteiger partial charge on any atom is 0.567 e. The molecule has 0 N–H and O–H groups in total. The van der Waals surface area contributed by atoms with Gasteiger partial charge in [0.1, 0.15) is 0 Å². The molecule has 1 fully saturated rings. The maximum atomic E-state index is 15.4. The predicted octanol–water partition coefficient (Wildman–Crippen LogP) is 0.986. The minimum Gasteiger partial charge on any atom is -0.619 e. The average molecular weight is 278 g/mol. The number of hydrogen-bond donors (Lipinski definition) is 0. The van der Waals surface area contributed by atoms with Crippen molar-refractivity contribution in [3.05, 3.63) is 30.3 Å². The van der Waals surface area contributed by atoms with Crippen LogP contribution in [0.5, 0.6) is 0 Å². The highest BCUT2D eigenvalue weighted by Crippen LogP contribution is 2.25. The Labute approximate surface area is 118 Å². The summed E-state index contributed by atoms with van der Waals surface area (Å²) in [5, 5.41) is 0. The lowest BCUT2D eigenvalue weighted by Gasteiger charge is -2.27. The van der Waals surface area contributed by atoms with Crippen LogP contribution < -0.4 is 5.46 Å². The Bertz CT molecular complexity index is 533. The van der Waals surface area contributed by atoms with E-state index in [1.165, 1.54) is 4.49 Å². The molecule has 1 aliphatic heterocycles. The van der Waals surface area contributed by atoms with Crippen molar-refractivity contribution in [1.29, 1.82) is 0 Å². The first-order valence-corrected chi connectivity index (χ1v) is 6.77. The second kappa shape index (κ2) is 5.27. The number of nitrogens with zero attached hydrogens (tertiary/aromatic N) is 2. The number of carbonyl (C=O) groups excluding carboxylic acids is 1. The molecule has 0 aliphatic carbocycles. The lowest BCUT2D eigenvalue weighted by molar-refractivity contribution is -0.441. The second-order valence-electron chi connectivity index (χ2n) is 5.71. The van der Waals surface area contributed by atoms with Crippen LogP contribution in [0.15, 0.2) is 30.3 Å². The Kier molecular flexibility index (Phi) is 3.83. The van der Waals surface area contributed by atoms with E-state index in [1.807, 2.05) is 13.8 Å². The number of hydrogen-bond acceptors (Lipinski definition) is 2. The Balaban J connectivity index is 2.55. The van der Waals surface area contributed by atoms with E-state index in [2.05, 4.69) is 0 Å². The highest BCUT2D eigenvalue weighted by Gasteiger charge is 2.54. The van der Waals surface area contributed by atoms with E-state index in [0.29, 0.717) is 5.46 Å². The molecule has 108 valence electrons. The zero-order valence-corrected chi connectivity index (χ0v) is 12.3. The number of rotatable bonds is 3. The Morgan fingerprint density at radius 3 is 2.45 bits per heavy atom. The van der Waals surface area contributed by atoms with Crippen molar-refractivity contribution in [2.75, 3.05) is 14.1 Å². The Hall–Kier alpha value is -1.85. The van der Waals surface area contributed by atoms with Crippen LogP contribution in [0.3, 0.4) is 0 Å². The molecule has 1 aromatic carbocycles. The molecule has 2 rings (SSSR count). The van der Waals surface area contributed by atoms with Crippen LogP contribution in [0, 0.1) is 5.92 Å². The fourth-order valence-corrected chi connectivity index (χ4v) is 2.58. The molecule has 1 heterocycles. The number of halogens is 1. The van der Waals surface area contributed by atoms with E-state index in [9.17, 15) is 4.79 Å². The molecular formula is C14H20BFN2O2. The summed E-state index contributed by atoms with van der Waals surface area (Å²) in [6, 6.07) is 7.96. The summed E-state index contributed by atoms with van der Waals surface area (Å²) in [4.78, 5) is 13.8. The van der Waals surface area contributed by atoms with Crippen molar-refractivity contribution < 1.29 is 18.3 Å². The van der Waals surface area contributed by atoms with Gasteiger partial charge in [0, 0.05) is 5.92 Å². The zero-order valence-electron chi connectivity index (χ0n) is 12.3. The van der Waals surface area contributed by atoms with Gasteiger partial charge in [-0.1, -0.05) is 49.6 Å². The van der Waals surface area contributed by atoms with E-state index in [-0.39, 0.29) is 5.92 Å². The molecule has 0 aromatic heterocycles. The molecule has 1 aliphatic rings. The maximum absolute atomic E-state index is 15.4. The van der Waals surface area contributed by atoms with Crippen molar-refractivity contribution in [3.63, 3.8) is 0 Å². The summed E-state index contributed by atoms with van der Waals surface area (Å²) in [7, 11) is 3.59. The van der Waals surface area contributed by atoms with Gasteiger partial charge in [0.15, 0.2) is 12.4 Å². The van der Waals surface area contributed by atoms with Crippen molar-refractivity contribution in [1.82, 2.24) is 4.90 Å². The minimum absolute atomic E-state index is 0.0399. The van der Waals surface area contributed by atoms with Crippen LogP contribution in [-0.2, 0) is 9.45 Å². The van der Waals surface area contributed by atoms with Gasteiger partial charge in [0.05, 0.1) is 14.1 Å². The van der Waals surface area contributed by atoms with Gasteiger partial charge in [-0.25, -0.2) is 0 Å². The third-order valence-corrected chi connectivity index (χ3v) is 3.42. The van der Waals surface area contributed by atoms with Crippen molar-refractivity contribution in [2.24, 2.45) is 5.92 Å². The van der Waals surface area contributed by atoms with Gasteiger partial charge in [-0.3, -0.25) is 9.69 Å². The first kappa shape index (κ1) is 14.6. The SMILES string of the molecule is CC(C)[C@H]1C(=O)O[B@@-](F)(c2ccccc2)/[N+]1=C\N(C)C. The van der Waals surface area contributed by atoms with Gasteiger partial charge in [-0.2, -0.15) is 0 Å². The lowest BCUT2D eigenvalue weighted by atomic mass is 9.66. The molecule has 1 aromatic rings. The topological polar surface area (TPSA) is 32.6 Å². The number of carbonyl (C=O) groups is 1. The third-order valence-electron chi connectivity index (χ3n) is 3.42. The van der Waals surface area contributed by atoms with Crippen LogP contribution in [0.25, 0.3) is 0 Å². The van der Waals surface area contributed by atoms with E-state index in [1.54, 1.807) is 55.7 Å². The quantitative estimate of drug-likeness (QED) is 0.610. The molecule has 4 nitrogen and oxygen atoms in total. The molecule has 2 atom stereocenters. The van der Waals surface area contributed by atoms with Gasteiger partial charge >= 0.3 is 12.7 Å². The third kappa shape index (κ3) is 2.42. The van der Waals surface area contributed by atoms with Gasteiger partial charge in [0.2, 0.25) is 0 Å². The first-order chi connectivity index (χ1) is 9.36. The van der Waals surface area contributed by atoms with Gasteiger partial charge in [-0.05, 0) is 0 Å². The molecular weight excluding hydrogens is 258 g/mol. The molecule has 20 heavy (non-hydrogen) atoms. The molecule has 0 bridgehead atoms. The van der Waals surface area contributed by atoms with E-state index >= 15 is 4.32 Å². The van der Waals surface area contributed by atoms with E-state index < -0.39 is 18.8 Å². The van der Waals surface area contributed by atoms with Crippen LogP contribution in [-0.4, -0.2) is 48.6 Å². The lowest BCUT2D eigenvalue weighted by Crippen LogP contribution is -2.55. The average Bonchev–Trinajstić information content (AvgIpc) is 2.62. The summed E-state index contributed by atoms with van der Waals surface area (Å²) >= 11 is 0. The normalized spacial score (nSPS) is 28.0. The zero-order chi connectivity index (χ0) is 14.9. The summed E-state index contributed by atoms with van der Waals surface area (Å²) in [6.07, 6.45) is 1.60. The van der Waals surface area contributed by atoms with Gasteiger partial charge in [0.25, 0.3) is 0 Å². The largest absolute Gasteiger partial charge is 0.619 e. The second-order valence-corrected chi connectivity index (χ2v) is 5.71. The molecule has 1 saturated heterocycles. The Morgan fingerprint density at radius 1 is 1.35 bits per heavy atom. The molecule has 0 unspecified atom stereocenters. The van der Waals surface area contributed by atoms with Crippen molar-refractivity contribution in [2.45, 2.75) is 19.9 Å². The Morgan fingerprint density at radius 2 is 1.95 bits per heavy atom. The van der Waals surface area contributed by atoms with E-state index in [0.717, 1.165) is 0 Å². The number of benzene rings is 1. The highest BCUT2D eigenvalue weighted by molar-refractivity contribution is 6.76. The standard InChI is InChI=1S/C14H20BFN2O2/c1-11(2)13-14(19)20-15(16,18(13)10-17(3)4)12-8-6-5-7-9-12/h5-11,13H,1-4H3/b18-10-/t13-,15+/m0/s1. The fraction of sp³-hybridized carbons (Fsp3) is 0.429. The summed E-state index contributed by atoms with van der Waals surface area (Å²) in [5.74, 6) is -0.550. The molecule has 0 saturated carbocycles. The molecule has 0 spiro atoms. The monoisotopic (exact) mass is 278 g/mol. The van der Waals surface area contributed by atoms with Crippen molar-refractivity contribution in [3.8, 4) is 0 Å². The summed E-state index contributed by atoms with van der Waals surface area (Å²) in [6.45, 7) is 0.749. The molecule has 0 amide bonds. The predicted molar refractivity (Wildman–Crippen MR) is 77.7 cm³/mol. The molecule has 6 heteroatoms. The fourth-order valence-electron chi connectivity index (χ4n) is 2.58. The summed E-state index contributed by atoms with van der Waals surface area (Å²) in [5.41, 5.74) is 0.377. The van der Waals surface area contributed by atoms with Crippen LogP contribution in [0.4, 0.5) is 4.32 Å².